The van der Waals surface area contributed by atoms with Crippen LogP contribution in [0.25, 0.3) is 16.6 Å². The second-order valence-electron chi connectivity index (χ2n) is 7.69. The first-order chi connectivity index (χ1) is 15.0. The van der Waals surface area contributed by atoms with Crippen LogP contribution in [0.5, 0.6) is 5.75 Å². The van der Waals surface area contributed by atoms with E-state index in [0.29, 0.717) is 29.3 Å². The van der Waals surface area contributed by atoms with E-state index < -0.39 is 0 Å². The minimum absolute atomic E-state index is 0.250. The Morgan fingerprint density at radius 2 is 2.06 bits per heavy atom. The predicted molar refractivity (Wildman–Crippen MR) is 116 cm³/mol. The summed E-state index contributed by atoms with van der Waals surface area (Å²) in [6.07, 6.45) is 1.25. The molecule has 0 amide bonds. The normalized spacial score (nSPS) is 17.5. The smallest absolute Gasteiger partial charge is 0.223 e. The van der Waals surface area contributed by atoms with Crippen LogP contribution in [0.4, 0.5) is 16.2 Å². The van der Waals surface area contributed by atoms with Crippen molar-refractivity contribution in [2.75, 3.05) is 37.4 Å². The number of hydrogen-bond acceptors (Lipinski definition) is 8. The van der Waals surface area contributed by atoms with E-state index in [-0.39, 0.29) is 17.8 Å². The molecule has 1 aliphatic heterocycles. The zero-order chi connectivity index (χ0) is 21.5. The number of methoxy groups -OCH3 is 1. The summed E-state index contributed by atoms with van der Waals surface area (Å²) in [5, 5.41) is 5.44. The topological polar surface area (TPSA) is 97.7 Å². The van der Waals surface area contributed by atoms with Gasteiger partial charge in [0.1, 0.15) is 22.9 Å². The third kappa shape index (κ3) is 3.48. The van der Waals surface area contributed by atoms with Crippen molar-refractivity contribution in [3.05, 3.63) is 48.2 Å². The van der Waals surface area contributed by atoms with E-state index in [4.69, 9.17) is 15.5 Å². The monoisotopic (exact) mass is 422 g/mol. The van der Waals surface area contributed by atoms with E-state index in [0.717, 1.165) is 30.8 Å². The molecular formula is C21H23FN8O. The van der Waals surface area contributed by atoms with Gasteiger partial charge in [0.2, 0.25) is 5.95 Å². The van der Waals surface area contributed by atoms with Gasteiger partial charge >= 0.3 is 0 Å². The average molecular weight is 422 g/mol. The van der Waals surface area contributed by atoms with Gasteiger partial charge in [-0.15, -0.1) is 5.10 Å². The molecule has 1 aliphatic rings. The number of nitrogen functional groups attached to an aromatic ring is 1. The lowest BCUT2D eigenvalue weighted by Crippen LogP contribution is -2.51. The number of halogens is 1. The molecule has 4 aromatic rings. The summed E-state index contributed by atoms with van der Waals surface area (Å²) in [5.74, 6) is 2.07. The number of fused-ring (bicyclic) bond motifs is 3. The molecule has 0 aliphatic carbocycles. The number of para-hydroxylation sites is 1. The lowest BCUT2D eigenvalue weighted by Gasteiger charge is -2.39. The van der Waals surface area contributed by atoms with E-state index >= 15 is 0 Å². The number of hydrogen-bond donors (Lipinski definition) is 1. The van der Waals surface area contributed by atoms with Crippen LogP contribution in [-0.2, 0) is 6.54 Å². The Morgan fingerprint density at radius 1 is 1.19 bits per heavy atom. The molecule has 4 heterocycles. The molecule has 10 heteroatoms. The number of nitrogens with two attached hydrogens (primary N) is 1. The summed E-state index contributed by atoms with van der Waals surface area (Å²) in [5.41, 5.74) is 7.49. The molecule has 0 radical (unpaired) electrons. The highest BCUT2D eigenvalue weighted by atomic mass is 19.1. The zero-order valence-corrected chi connectivity index (χ0v) is 17.4. The van der Waals surface area contributed by atoms with Crippen LogP contribution in [0.1, 0.15) is 12.7 Å². The number of ether oxygens (including phenoxy) is 1. The number of benzene rings is 1. The molecule has 3 aromatic heterocycles. The first-order valence-electron chi connectivity index (χ1n) is 10.1. The third-order valence-electron chi connectivity index (χ3n) is 5.70. The first kappa shape index (κ1) is 19.4. The molecule has 1 atom stereocenters. The molecule has 9 nitrogen and oxygen atoms in total. The molecule has 0 bridgehead atoms. The van der Waals surface area contributed by atoms with Gasteiger partial charge in [-0.25, -0.2) is 19.3 Å². The third-order valence-corrected chi connectivity index (χ3v) is 5.70. The van der Waals surface area contributed by atoms with E-state index in [2.05, 4.69) is 31.8 Å². The van der Waals surface area contributed by atoms with Crippen molar-refractivity contribution >= 4 is 28.3 Å². The minimum atomic E-state index is -0.327. The van der Waals surface area contributed by atoms with E-state index in [1.54, 1.807) is 17.7 Å². The van der Waals surface area contributed by atoms with Crippen molar-refractivity contribution in [1.29, 1.82) is 0 Å². The minimum Gasteiger partial charge on any atom is -0.494 e. The molecule has 0 saturated carbocycles. The van der Waals surface area contributed by atoms with Crippen molar-refractivity contribution < 1.29 is 9.13 Å². The van der Waals surface area contributed by atoms with Gasteiger partial charge in [-0.2, -0.15) is 4.52 Å². The largest absolute Gasteiger partial charge is 0.494 e. The summed E-state index contributed by atoms with van der Waals surface area (Å²) in [6.45, 7) is 5.15. The quantitative estimate of drug-likeness (QED) is 0.534. The number of anilines is 2. The summed E-state index contributed by atoms with van der Waals surface area (Å²) in [4.78, 5) is 17.9. The number of aromatic nitrogens is 5. The van der Waals surface area contributed by atoms with Gasteiger partial charge in [0.25, 0.3) is 0 Å². The SMILES string of the molecule is COc1cccc2c1nc(N)n1nc(CN3CCN(c4ccc(F)cn4)C[C@H]3C)nc21. The highest BCUT2D eigenvalue weighted by Gasteiger charge is 2.26. The zero-order valence-electron chi connectivity index (χ0n) is 17.4. The Morgan fingerprint density at radius 3 is 2.81 bits per heavy atom. The van der Waals surface area contributed by atoms with Gasteiger partial charge in [0.05, 0.1) is 19.9 Å². The fraction of sp³-hybridized carbons (Fsp3) is 0.333. The molecule has 1 fully saturated rings. The summed E-state index contributed by atoms with van der Waals surface area (Å²) < 4.78 is 20.2. The summed E-state index contributed by atoms with van der Waals surface area (Å²) in [6, 6.07) is 9.10. The Labute approximate surface area is 178 Å². The maximum atomic E-state index is 13.2. The predicted octanol–water partition coefficient (Wildman–Crippen LogP) is 2.11. The van der Waals surface area contributed by atoms with Crippen LogP contribution >= 0.6 is 0 Å². The fourth-order valence-corrected chi connectivity index (χ4v) is 4.08. The van der Waals surface area contributed by atoms with Crippen LogP contribution in [0.3, 0.4) is 0 Å². The number of piperazine rings is 1. The number of pyridine rings is 1. The molecule has 160 valence electrons. The van der Waals surface area contributed by atoms with Gasteiger partial charge in [-0.05, 0) is 31.2 Å². The Bertz CT molecular complexity index is 1240. The van der Waals surface area contributed by atoms with Crippen molar-refractivity contribution in [2.24, 2.45) is 0 Å². The Balaban J connectivity index is 1.39. The van der Waals surface area contributed by atoms with Crippen LogP contribution in [0, 0.1) is 5.82 Å². The lowest BCUT2D eigenvalue weighted by molar-refractivity contribution is 0.176. The lowest BCUT2D eigenvalue weighted by atomic mass is 10.2. The number of rotatable bonds is 4. The molecule has 2 N–H and O–H groups in total. The average Bonchev–Trinajstić information content (AvgIpc) is 3.20. The van der Waals surface area contributed by atoms with Crippen molar-refractivity contribution in [3.8, 4) is 5.75 Å². The van der Waals surface area contributed by atoms with Gasteiger partial charge in [-0.1, -0.05) is 6.07 Å². The van der Waals surface area contributed by atoms with Crippen molar-refractivity contribution in [2.45, 2.75) is 19.5 Å². The molecule has 0 spiro atoms. The Kier molecular flexibility index (Phi) is 4.78. The van der Waals surface area contributed by atoms with Crippen LogP contribution in [0.2, 0.25) is 0 Å². The van der Waals surface area contributed by atoms with Gasteiger partial charge in [-0.3, -0.25) is 4.90 Å². The second-order valence-corrected chi connectivity index (χ2v) is 7.69. The highest BCUT2D eigenvalue weighted by molar-refractivity contribution is 5.95. The van der Waals surface area contributed by atoms with Crippen molar-refractivity contribution in [3.63, 3.8) is 0 Å². The van der Waals surface area contributed by atoms with Gasteiger partial charge < -0.3 is 15.4 Å². The first-order valence-corrected chi connectivity index (χ1v) is 10.1. The van der Waals surface area contributed by atoms with E-state index in [1.807, 2.05) is 18.2 Å². The highest BCUT2D eigenvalue weighted by Crippen LogP contribution is 2.27. The second kappa shape index (κ2) is 7.62. The fourth-order valence-electron chi connectivity index (χ4n) is 4.08. The standard InChI is InChI=1S/C21H23FN8O/c1-13-11-29(18-7-6-14(22)10-24-18)9-8-28(13)12-17-25-20-15-4-3-5-16(31-2)19(15)26-21(23)30(20)27-17/h3-7,10,13H,8-9,11-12H2,1-2H3,(H2,23,26)/t13-/m1/s1. The molecule has 5 rings (SSSR count). The molecule has 1 saturated heterocycles. The maximum Gasteiger partial charge on any atom is 0.223 e. The van der Waals surface area contributed by atoms with Gasteiger partial charge in [0.15, 0.2) is 11.5 Å². The van der Waals surface area contributed by atoms with Crippen LogP contribution < -0.4 is 15.4 Å². The molecular weight excluding hydrogens is 399 g/mol. The van der Waals surface area contributed by atoms with Crippen LogP contribution in [-0.4, -0.2) is 62.3 Å². The number of nitrogens with zero attached hydrogens (tertiary/aromatic N) is 7. The van der Waals surface area contributed by atoms with Gasteiger partial charge in [0, 0.05) is 31.1 Å². The summed E-state index contributed by atoms with van der Waals surface area (Å²) in [7, 11) is 1.61. The van der Waals surface area contributed by atoms with Crippen molar-refractivity contribution in [1.82, 2.24) is 29.5 Å². The molecule has 1 aromatic carbocycles. The maximum absolute atomic E-state index is 13.2. The summed E-state index contributed by atoms with van der Waals surface area (Å²) >= 11 is 0. The Hall–Kier alpha value is -3.53. The van der Waals surface area contributed by atoms with Crippen LogP contribution in [0.15, 0.2) is 36.5 Å². The van der Waals surface area contributed by atoms with E-state index in [1.165, 1.54) is 12.3 Å². The molecule has 31 heavy (non-hydrogen) atoms. The molecule has 0 unspecified atom stereocenters. The van der Waals surface area contributed by atoms with E-state index in [9.17, 15) is 4.39 Å².